The van der Waals surface area contributed by atoms with Crippen molar-refractivity contribution in [3.8, 4) is 0 Å². The molecule has 0 spiro atoms. The Morgan fingerprint density at radius 2 is 1.44 bits per heavy atom. The molecule has 0 atom stereocenters. The molecule has 2 fully saturated rings. The normalized spacial score (nSPS) is 18.5. The fraction of sp³-hybridized carbons (Fsp3) is 0.409. The fourth-order valence-electron chi connectivity index (χ4n) is 3.96. The summed E-state index contributed by atoms with van der Waals surface area (Å²) < 4.78 is 59.8. The molecule has 34 heavy (non-hydrogen) atoms. The Kier molecular flexibility index (Phi) is 7.60. The Bertz CT molecular complexity index is 1270. The lowest BCUT2D eigenvalue weighted by Gasteiger charge is -2.26. The third-order valence-corrected chi connectivity index (χ3v) is 9.95. The maximum atomic E-state index is 13.0. The molecule has 2 saturated heterocycles. The molecule has 1 amide bonds. The van der Waals surface area contributed by atoms with Gasteiger partial charge in [-0.25, -0.2) is 16.8 Å². The lowest BCUT2D eigenvalue weighted by Crippen LogP contribution is -2.40. The average molecular weight is 528 g/mol. The van der Waals surface area contributed by atoms with Gasteiger partial charge < -0.3 is 10.1 Å². The number of benzene rings is 2. The molecule has 0 bridgehead atoms. The second-order valence-corrected chi connectivity index (χ2v) is 12.4. The van der Waals surface area contributed by atoms with Crippen LogP contribution < -0.4 is 5.32 Å². The predicted octanol–water partition coefficient (Wildman–Crippen LogP) is 2.79. The van der Waals surface area contributed by atoms with E-state index in [1.165, 1.54) is 45.0 Å². The quantitative estimate of drug-likeness (QED) is 0.618. The third-order valence-electron chi connectivity index (χ3n) is 5.83. The van der Waals surface area contributed by atoms with Crippen LogP contribution in [0, 0.1) is 0 Å². The van der Waals surface area contributed by atoms with Crippen molar-refractivity contribution >= 4 is 43.2 Å². The van der Waals surface area contributed by atoms with E-state index < -0.39 is 26.0 Å². The van der Waals surface area contributed by atoms with Gasteiger partial charge in [-0.2, -0.15) is 8.61 Å². The second kappa shape index (κ2) is 10.3. The van der Waals surface area contributed by atoms with E-state index in [9.17, 15) is 21.6 Å². The van der Waals surface area contributed by atoms with Gasteiger partial charge in [0.2, 0.25) is 20.0 Å². The number of nitrogens with one attached hydrogen (secondary N) is 1. The lowest BCUT2D eigenvalue weighted by molar-refractivity contribution is 0.0730. The number of hydrogen-bond donors (Lipinski definition) is 1. The Morgan fingerprint density at radius 1 is 0.824 bits per heavy atom. The monoisotopic (exact) mass is 527 g/mol. The highest BCUT2D eigenvalue weighted by atomic mass is 35.5. The van der Waals surface area contributed by atoms with Crippen molar-refractivity contribution in [1.29, 1.82) is 0 Å². The van der Waals surface area contributed by atoms with Crippen LogP contribution in [-0.4, -0.2) is 70.7 Å². The van der Waals surface area contributed by atoms with Gasteiger partial charge in [-0.15, -0.1) is 0 Å². The standard InChI is InChI=1S/C22H26ClN3O6S2/c23-21-8-7-19(34(30,31)25-9-2-1-3-10-25)16-20(21)22(27)24-17-5-4-6-18(15-17)33(28,29)26-11-13-32-14-12-26/h4-8,15-16H,1-3,9-14H2,(H,24,27). The van der Waals surface area contributed by atoms with Crippen molar-refractivity contribution < 1.29 is 26.4 Å². The van der Waals surface area contributed by atoms with Crippen LogP contribution in [0.5, 0.6) is 0 Å². The highest BCUT2D eigenvalue weighted by Gasteiger charge is 2.28. The van der Waals surface area contributed by atoms with Gasteiger partial charge in [-0.1, -0.05) is 24.1 Å². The van der Waals surface area contributed by atoms with Crippen LogP contribution in [-0.2, 0) is 24.8 Å². The molecule has 2 heterocycles. The number of hydrogen-bond acceptors (Lipinski definition) is 6. The zero-order valence-corrected chi connectivity index (χ0v) is 20.8. The summed E-state index contributed by atoms with van der Waals surface area (Å²) in [6.07, 6.45) is 2.58. The molecular weight excluding hydrogens is 502 g/mol. The SMILES string of the molecule is O=C(Nc1cccc(S(=O)(=O)N2CCOCC2)c1)c1cc(S(=O)(=O)N2CCCCC2)ccc1Cl. The van der Waals surface area contributed by atoms with E-state index >= 15 is 0 Å². The molecule has 2 aliphatic rings. The maximum Gasteiger partial charge on any atom is 0.257 e. The first-order chi connectivity index (χ1) is 16.2. The highest BCUT2D eigenvalue weighted by Crippen LogP contribution is 2.27. The number of carbonyl (C=O) groups is 1. The molecule has 2 aromatic rings. The number of halogens is 1. The summed E-state index contributed by atoms with van der Waals surface area (Å²) in [5.41, 5.74) is 0.237. The van der Waals surface area contributed by atoms with E-state index in [0.717, 1.165) is 19.3 Å². The highest BCUT2D eigenvalue weighted by molar-refractivity contribution is 7.89. The van der Waals surface area contributed by atoms with Crippen LogP contribution in [0.1, 0.15) is 29.6 Å². The molecule has 9 nitrogen and oxygen atoms in total. The predicted molar refractivity (Wildman–Crippen MR) is 128 cm³/mol. The number of rotatable bonds is 6. The van der Waals surface area contributed by atoms with Crippen molar-refractivity contribution in [1.82, 2.24) is 8.61 Å². The summed E-state index contributed by atoms with van der Waals surface area (Å²) in [6.45, 7) is 2.04. The van der Waals surface area contributed by atoms with Gasteiger partial charge in [-0.3, -0.25) is 4.79 Å². The number of morpholine rings is 1. The van der Waals surface area contributed by atoms with E-state index in [0.29, 0.717) is 26.3 Å². The Balaban J connectivity index is 1.56. The lowest BCUT2D eigenvalue weighted by atomic mass is 10.2. The molecule has 2 aliphatic heterocycles. The van der Waals surface area contributed by atoms with E-state index in [1.54, 1.807) is 6.07 Å². The van der Waals surface area contributed by atoms with Crippen molar-refractivity contribution in [2.24, 2.45) is 0 Å². The molecule has 0 aliphatic carbocycles. The van der Waals surface area contributed by atoms with Crippen LogP contribution in [0.2, 0.25) is 5.02 Å². The van der Waals surface area contributed by atoms with Crippen LogP contribution in [0.15, 0.2) is 52.3 Å². The number of sulfonamides is 2. The zero-order valence-electron chi connectivity index (χ0n) is 18.4. The molecule has 0 saturated carbocycles. The molecule has 12 heteroatoms. The largest absolute Gasteiger partial charge is 0.379 e. The van der Waals surface area contributed by atoms with Crippen LogP contribution in [0.25, 0.3) is 0 Å². The van der Waals surface area contributed by atoms with Gasteiger partial charge in [0.05, 0.1) is 33.6 Å². The van der Waals surface area contributed by atoms with Crippen LogP contribution in [0.3, 0.4) is 0 Å². The number of carbonyl (C=O) groups excluding carboxylic acids is 1. The molecule has 0 radical (unpaired) electrons. The maximum absolute atomic E-state index is 13.0. The number of nitrogens with zero attached hydrogens (tertiary/aromatic N) is 2. The van der Waals surface area contributed by atoms with Crippen molar-refractivity contribution in [2.75, 3.05) is 44.7 Å². The Hall–Kier alpha value is -2.02. The molecule has 0 unspecified atom stereocenters. The smallest absolute Gasteiger partial charge is 0.257 e. The second-order valence-electron chi connectivity index (χ2n) is 8.10. The molecule has 2 aromatic carbocycles. The van der Waals surface area contributed by atoms with Gasteiger partial charge in [0.15, 0.2) is 0 Å². The number of amides is 1. The Labute approximate surface area is 204 Å². The average Bonchev–Trinajstić information content (AvgIpc) is 2.85. The minimum absolute atomic E-state index is 0.00686. The van der Waals surface area contributed by atoms with Gasteiger partial charge in [-0.05, 0) is 49.2 Å². The van der Waals surface area contributed by atoms with E-state index in [1.807, 2.05) is 0 Å². The summed E-state index contributed by atoms with van der Waals surface area (Å²) in [5, 5.41) is 2.72. The third kappa shape index (κ3) is 5.29. The van der Waals surface area contributed by atoms with E-state index in [-0.39, 0.29) is 39.2 Å². The fourth-order valence-corrected chi connectivity index (χ4v) is 7.16. The van der Waals surface area contributed by atoms with Crippen molar-refractivity contribution in [3.63, 3.8) is 0 Å². The van der Waals surface area contributed by atoms with E-state index in [2.05, 4.69) is 5.32 Å². The Morgan fingerprint density at radius 3 is 2.12 bits per heavy atom. The first-order valence-electron chi connectivity index (χ1n) is 11.0. The van der Waals surface area contributed by atoms with Gasteiger partial charge in [0.1, 0.15) is 0 Å². The first-order valence-corrected chi connectivity index (χ1v) is 14.2. The van der Waals surface area contributed by atoms with Crippen LogP contribution >= 0.6 is 11.6 Å². The topological polar surface area (TPSA) is 113 Å². The zero-order chi connectivity index (χ0) is 24.3. The van der Waals surface area contributed by atoms with Crippen molar-refractivity contribution in [2.45, 2.75) is 29.1 Å². The summed E-state index contributed by atoms with van der Waals surface area (Å²) in [6, 6.07) is 9.94. The van der Waals surface area contributed by atoms with Gasteiger partial charge in [0.25, 0.3) is 5.91 Å². The molecule has 184 valence electrons. The minimum Gasteiger partial charge on any atom is -0.379 e. The van der Waals surface area contributed by atoms with Crippen molar-refractivity contribution in [3.05, 3.63) is 53.1 Å². The molecule has 4 rings (SSSR count). The molecular formula is C22H26ClN3O6S2. The number of ether oxygens (including phenoxy) is 1. The summed E-state index contributed by atoms with van der Waals surface area (Å²) in [5.74, 6) is -0.637. The van der Waals surface area contributed by atoms with Gasteiger partial charge in [0, 0.05) is 31.9 Å². The first kappa shape index (κ1) is 25.1. The number of anilines is 1. The summed E-state index contributed by atoms with van der Waals surface area (Å²) in [7, 11) is -7.49. The van der Waals surface area contributed by atoms with Crippen LogP contribution in [0.4, 0.5) is 5.69 Å². The van der Waals surface area contributed by atoms with Gasteiger partial charge >= 0.3 is 0 Å². The minimum atomic E-state index is -3.75. The number of piperidine rings is 1. The summed E-state index contributed by atoms with van der Waals surface area (Å²) >= 11 is 6.21. The molecule has 1 N–H and O–H groups in total. The van der Waals surface area contributed by atoms with E-state index in [4.69, 9.17) is 16.3 Å². The summed E-state index contributed by atoms with van der Waals surface area (Å²) in [4.78, 5) is 13.0. The molecule has 0 aromatic heterocycles.